The molecule has 0 saturated heterocycles. The van der Waals surface area contributed by atoms with Gasteiger partial charge in [-0.25, -0.2) is 17.5 Å². The van der Waals surface area contributed by atoms with Gasteiger partial charge in [-0.2, -0.15) is 0 Å². The molecule has 3 N–H and O–H groups in total. The monoisotopic (exact) mass is 260 g/mol. The van der Waals surface area contributed by atoms with Crippen molar-refractivity contribution in [2.75, 3.05) is 6.26 Å². The van der Waals surface area contributed by atoms with Gasteiger partial charge in [-0.3, -0.25) is 4.79 Å². The van der Waals surface area contributed by atoms with Crippen LogP contribution in [0.1, 0.15) is 18.0 Å². The largest absolute Gasteiger partial charge is 0.370 e. The molecule has 1 amide bonds. The molecule has 0 radical (unpaired) electrons. The summed E-state index contributed by atoms with van der Waals surface area (Å²) in [5, 5.41) is 0. The third-order valence-corrected chi connectivity index (χ3v) is 2.75. The first-order valence-corrected chi connectivity index (χ1v) is 6.68. The Hall–Kier alpha value is -1.47. The van der Waals surface area contributed by atoms with Crippen molar-refractivity contribution in [2.45, 2.75) is 12.5 Å². The summed E-state index contributed by atoms with van der Waals surface area (Å²) in [6.45, 7) is 0. The number of nitrogens with one attached hydrogen (secondary N) is 1. The molecule has 0 aliphatic heterocycles. The van der Waals surface area contributed by atoms with Gasteiger partial charge in [-0.15, -0.1) is 0 Å². The second-order valence-electron chi connectivity index (χ2n) is 3.66. The predicted octanol–water partition coefficient (Wildman–Crippen LogP) is 0.291. The molecule has 1 atom stereocenters. The van der Waals surface area contributed by atoms with Crippen molar-refractivity contribution in [3.63, 3.8) is 0 Å². The number of halogens is 1. The number of hydrogen-bond donors (Lipinski definition) is 2. The summed E-state index contributed by atoms with van der Waals surface area (Å²) < 4.78 is 37.2. The molecule has 94 valence electrons. The summed E-state index contributed by atoms with van der Waals surface area (Å²) in [5.41, 5.74) is 5.51. The normalized spacial score (nSPS) is 13.3. The molecule has 17 heavy (non-hydrogen) atoms. The van der Waals surface area contributed by atoms with Gasteiger partial charge in [-0.05, 0) is 17.7 Å². The van der Waals surface area contributed by atoms with E-state index in [1.807, 2.05) is 0 Å². The fraction of sp³-hybridized carbons (Fsp3) is 0.300. The number of carbonyl (C=O) groups is 1. The standard InChI is InChI=1S/C10H13FN2O3S/c1-17(15,16)13-9(6-10(12)14)7-2-4-8(11)5-3-7/h2-5,9,13H,6H2,1H3,(H2,12,14). The van der Waals surface area contributed by atoms with Crippen LogP contribution in [0.25, 0.3) is 0 Å². The van der Waals surface area contributed by atoms with E-state index >= 15 is 0 Å². The first kappa shape index (κ1) is 13.6. The Balaban J connectivity index is 2.97. The quantitative estimate of drug-likeness (QED) is 0.797. The molecule has 1 aromatic carbocycles. The Morgan fingerprint density at radius 2 is 1.94 bits per heavy atom. The predicted molar refractivity (Wildman–Crippen MR) is 60.9 cm³/mol. The average Bonchev–Trinajstić information content (AvgIpc) is 2.14. The minimum absolute atomic E-state index is 0.182. The van der Waals surface area contributed by atoms with Gasteiger partial charge in [-0.1, -0.05) is 12.1 Å². The van der Waals surface area contributed by atoms with Crippen molar-refractivity contribution in [3.8, 4) is 0 Å². The fourth-order valence-corrected chi connectivity index (χ4v) is 2.12. The second-order valence-corrected chi connectivity index (χ2v) is 5.44. The van der Waals surface area contributed by atoms with E-state index in [9.17, 15) is 17.6 Å². The van der Waals surface area contributed by atoms with Gasteiger partial charge in [0, 0.05) is 6.42 Å². The molecule has 0 heterocycles. The molecule has 0 aliphatic carbocycles. The summed E-state index contributed by atoms with van der Waals surface area (Å²) in [6, 6.07) is 4.41. The Bertz CT molecular complexity index is 499. The Kier molecular flexibility index (Phi) is 4.19. The van der Waals surface area contributed by atoms with Gasteiger partial charge >= 0.3 is 0 Å². The van der Waals surface area contributed by atoms with Gasteiger partial charge in [0.25, 0.3) is 0 Å². The molecule has 5 nitrogen and oxygen atoms in total. The maximum absolute atomic E-state index is 12.7. The van der Waals surface area contributed by atoms with Gasteiger partial charge in [0.1, 0.15) is 5.82 Å². The molecule has 0 aromatic heterocycles. The third-order valence-electron chi connectivity index (χ3n) is 2.03. The van der Waals surface area contributed by atoms with E-state index in [-0.39, 0.29) is 6.42 Å². The number of carbonyl (C=O) groups excluding carboxylic acids is 1. The summed E-state index contributed by atoms with van der Waals surface area (Å²) in [7, 11) is -3.48. The van der Waals surface area contributed by atoms with Crippen molar-refractivity contribution in [1.29, 1.82) is 0 Å². The lowest BCUT2D eigenvalue weighted by molar-refractivity contribution is -0.118. The zero-order valence-electron chi connectivity index (χ0n) is 9.18. The number of hydrogen-bond acceptors (Lipinski definition) is 3. The first-order valence-electron chi connectivity index (χ1n) is 4.79. The van der Waals surface area contributed by atoms with Crippen LogP contribution >= 0.6 is 0 Å². The van der Waals surface area contributed by atoms with E-state index in [0.29, 0.717) is 5.56 Å². The molecule has 1 rings (SSSR count). The summed E-state index contributed by atoms with van der Waals surface area (Å²) >= 11 is 0. The zero-order chi connectivity index (χ0) is 13.1. The zero-order valence-corrected chi connectivity index (χ0v) is 10.00. The van der Waals surface area contributed by atoms with Gasteiger partial charge < -0.3 is 5.73 Å². The number of rotatable bonds is 5. The number of nitrogens with two attached hydrogens (primary N) is 1. The van der Waals surface area contributed by atoms with Gasteiger partial charge in [0.05, 0.1) is 12.3 Å². The van der Waals surface area contributed by atoms with Crippen LogP contribution in [-0.2, 0) is 14.8 Å². The second kappa shape index (κ2) is 5.24. The highest BCUT2D eigenvalue weighted by Crippen LogP contribution is 2.17. The van der Waals surface area contributed by atoms with Crippen LogP contribution in [0.4, 0.5) is 4.39 Å². The van der Waals surface area contributed by atoms with E-state index in [0.717, 1.165) is 6.26 Å². The van der Waals surface area contributed by atoms with Crippen LogP contribution in [0, 0.1) is 5.82 Å². The maximum Gasteiger partial charge on any atom is 0.219 e. The average molecular weight is 260 g/mol. The molecule has 0 aliphatic rings. The molecular formula is C10H13FN2O3S. The van der Waals surface area contributed by atoms with Crippen molar-refractivity contribution < 1.29 is 17.6 Å². The number of benzene rings is 1. The minimum atomic E-state index is -3.48. The van der Waals surface area contributed by atoms with Crippen molar-refractivity contribution in [1.82, 2.24) is 4.72 Å². The minimum Gasteiger partial charge on any atom is -0.370 e. The number of amides is 1. The van der Waals surface area contributed by atoms with Crippen molar-refractivity contribution in [2.24, 2.45) is 5.73 Å². The summed E-state index contributed by atoms with van der Waals surface area (Å²) in [6.07, 6.45) is 0.795. The molecule has 1 aromatic rings. The molecule has 0 spiro atoms. The van der Waals surface area contributed by atoms with Crippen LogP contribution in [0.2, 0.25) is 0 Å². The van der Waals surface area contributed by atoms with Crippen molar-refractivity contribution in [3.05, 3.63) is 35.6 Å². The number of primary amides is 1. The number of sulfonamides is 1. The molecule has 7 heteroatoms. The molecule has 0 saturated carbocycles. The highest BCUT2D eigenvalue weighted by molar-refractivity contribution is 7.88. The highest BCUT2D eigenvalue weighted by Gasteiger charge is 2.18. The Morgan fingerprint density at radius 3 is 2.35 bits per heavy atom. The lowest BCUT2D eigenvalue weighted by Crippen LogP contribution is -2.30. The SMILES string of the molecule is CS(=O)(=O)NC(CC(N)=O)c1ccc(F)cc1. The van der Waals surface area contributed by atoms with Gasteiger partial charge in [0.2, 0.25) is 15.9 Å². The molecule has 1 unspecified atom stereocenters. The van der Waals surface area contributed by atoms with Crippen LogP contribution in [0.15, 0.2) is 24.3 Å². The Morgan fingerprint density at radius 1 is 1.41 bits per heavy atom. The third kappa shape index (κ3) is 4.92. The molecular weight excluding hydrogens is 247 g/mol. The van der Waals surface area contributed by atoms with Gasteiger partial charge in [0.15, 0.2) is 0 Å². The van der Waals surface area contributed by atoms with Crippen LogP contribution < -0.4 is 10.5 Å². The maximum atomic E-state index is 12.7. The van der Waals surface area contributed by atoms with Crippen LogP contribution in [0.3, 0.4) is 0 Å². The smallest absolute Gasteiger partial charge is 0.219 e. The highest BCUT2D eigenvalue weighted by atomic mass is 32.2. The summed E-state index contributed by atoms with van der Waals surface area (Å²) in [5.74, 6) is -1.08. The van der Waals surface area contributed by atoms with E-state index < -0.39 is 27.8 Å². The Labute approximate surface area is 98.9 Å². The fourth-order valence-electron chi connectivity index (χ4n) is 1.38. The lowest BCUT2D eigenvalue weighted by atomic mass is 10.0. The molecule has 0 fully saturated rings. The van der Waals surface area contributed by atoms with Crippen molar-refractivity contribution >= 4 is 15.9 Å². The van der Waals surface area contributed by atoms with Crippen LogP contribution in [0.5, 0.6) is 0 Å². The summed E-state index contributed by atoms with van der Waals surface area (Å²) in [4.78, 5) is 10.8. The lowest BCUT2D eigenvalue weighted by Gasteiger charge is -2.16. The van der Waals surface area contributed by atoms with Crippen LogP contribution in [-0.4, -0.2) is 20.6 Å². The van der Waals surface area contributed by atoms with E-state index in [1.165, 1.54) is 24.3 Å². The topological polar surface area (TPSA) is 89.3 Å². The van der Waals surface area contributed by atoms with E-state index in [4.69, 9.17) is 5.73 Å². The first-order chi connectivity index (χ1) is 7.78. The molecule has 0 bridgehead atoms. The van der Waals surface area contributed by atoms with E-state index in [1.54, 1.807) is 0 Å². The van der Waals surface area contributed by atoms with E-state index in [2.05, 4.69) is 4.72 Å².